The lowest BCUT2D eigenvalue weighted by atomic mass is 9.99. The number of nitrogens with zero attached hydrogens (tertiary/aromatic N) is 1. The predicted octanol–water partition coefficient (Wildman–Crippen LogP) is 4.31. The lowest BCUT2D eigenvalue weighted by Crippen LogP contribution is -2.47. The third-order valence-corrected chi connectivity index (χ3v) is 6.64. The zero-order valence-electron chi connectivity index (χ0n) is 16.7. The number of amides is 1. The number of ether oxygens (including phenoxy) is 1. The molecule has 152 valence electrons. The van der Waals surface area contributed by atoms with Crippen LogP contribution in [0.2, 0.25) is 0 Å². The Morgan fingerprint density at radius 2 is 1.69 bits per heavy atom. The first kappa shape index (κ1) is 18.5. The van der Waals surface area contributed by atoms with Crippen LogP contribution in [0.1, 0.15) is 48.9 Å². The first-order valence-electron chi connectivity index (χ1n) is 10.8. The summed E-state index contributed by atoms with van der Waals surface area (Å²) in [6.45, 7) is 1.30. The zero-order chi connectivity index (χ0) is 19.8. The van der Waals surface area contributed by atoms with E-state index in [0.717, 1.165) is 24.5 Å². The van der Waals surface area contributed by atoms with Gasteiger partial charge in [0.15, 0.2) is 0 Å². The lowest BCUT2D eigenvalue weighted by molar-refractivity contribution is 0.0466. The van der Waals surface area contributed by atoms with E-state index in [1.807, 2.05) is 36.4 Å². The Hall–Kier alpha value is -2.53. The van der Waals surface area contributed by atoms with Crippen LogP contribution < -0.4 is 15.8 Å². The van der Waals surface area contributed by atoms with Gasteiger partial charge >= 0.3 is 0 Å². The van der Waals surface area contributed by atoms with Crippen molar-refractivity contribution < 1.29 is 9.53 Å². The number of anilines is 2. The van der Waals surface area contributed by atoms with E-state index in [0.29, 0.717) is 29.0 Å². The van der Waals surface area contributed by atoms with Crippen LogP contribution in [0.5, 0.6) is 5.75 Å². The highest BCUT2D eigenvalue weighted by Crippen LogP contribution is 2.41. The molecule has 1 amide bonds. The van der Waals surface area contributed by atoms with E-state index in [4.69, 9.17) is 10.5 Å². The van der Waals surface area contributed by atoms with Crippen LogP contribution in [0.15, 0.2) is 48.5 Å². The summed E-state index contributed by atoms with van der Waals surface area (Å²) in [4.78, 5) is 15.2. The number of hydrogen-bond donors (Lipinski definition) is 2. The first-order valence-corrected chi connectivity index (χ1v) is 10.8. The van der Waals surface area contributed by atoms with Crippen molar-refractivity contribution in [2.75, 3.05) is 17.6 Å². The molecule has 5 heteroatoms. The van der Waals surface area contributed by atoms with Crippen LogP contribution in [0, 0.1) is 5.92 Å². The molecular formula is C24H29N3O2. The molecule has 3 fully saturated rings. The molecule has 2 unspecified atom stereocenters. The molecule has 1 aliphatic carbocycles. The molecule has 5 rings (SSSR count). The second kappa shape index (κ2) is 7.71. The summed E-state index contributed by atoms with van der Waals surface area (Å²) >= 11 is 0. The second-order valence-electron chi connectivity index (χ2n) is 8.80. The van der Waals surface area contributed by atoms with Gasteiger partial charge in [0.1, 0.15) is 11.9 Å². The number of para-hydroxylation sites is 2. The topological polar surface area (TPSA) is 67.6 Å². The number of carbonyl (C=O) groups excluding carboxylic acids is 1. The minimum absolute atomic E-state index is 0.166. The van der Waals surface area contributed by atoms with Crippen LogP contribution >= 0.6 is 0 Å². The summed E-state index contributed by atoms with van der Waals surface area (Å²) in [5.41, 5.74) is 7.69. The van der Waals surface area contributed by atoms with E-state index in [1.165, 1.54) is 32.2 Å². The summed E-state index contributed by atoms with van der Waals surface area (Å²) in [5.74, 6) is 1.64. The zero-order valence-corrected chi connectivity index (χ0v) is 16.7. The number of nitrogens with two attached hydrogens (primary N) is 1. The number of nitrogen functional groups attached to an aromatic ring is 1. The minimum Gasteiger partial charge on any atom is -0.490 e. The summed E-state index contributed by atoms with van der Waals surface area (Å²) < 4.78 is 6.30. The Balaban J connectivity index is 1.18. The molecule has 2 aliphatic heterocycles. The molecule has 0 radical (unpaired) electrons. The molecule has 1 saturated carbocycles. The SMILES string of the molecule is Nc1ccccc1NC(=O)c1ccc(OC2CC3CCC(C2)N3CC2CC2)cc1. The third-order valence-electron chi connectivity index (χ3n) is 6.64. The number of nitrogens with one attached hydrogen (secondary N) is 1. The van der Waals surface area contributed by atoms with Crippen LogP contribution in [-0.2, 0) is 0 Å². The van der Waals surface area contributed by atoms with E-state index in [1.54, 1.807) is 12.1 Å². The average Bonchev–Trinajstić information content (AvgIpc) is 3.50. The Morgan fingerprint density at radius 3 is 2.34 bits per heavy atom. The van der Waals surface area contributed by atoms with Crippen LogP contribution in [-0.4, -0.2) is 35.5 Å². The third kappa shape index (κ3) is 4.10. The molecule has 3 N–H and O–H groups in total. The number of hydrogen-bond acceptors (Lipinski definition) is 4. The smallest absolute Gasteiger partial charge is 0.255 e. The van der Waals surface area contributed by atoms with Crippen LogP contribution in [0.3, 0.4) is 0 Å². The highest BCUT2D eigenvalue weighted by Gasteiger charge is 2.43. The van der Waals surface area contributed by atoms with Gasteiger partial charge in [-0.15, -0.1) is 0 Å². The maximum absolute atomic E-state index is 12.5. The first-order chi connectivity index (χ1) is 14.2. The molecule has 2 aromatic carbocycles. The Bertz CT molecular complexity index is 864. The highest BCUT2D eigenvalue weighted by atomic mass is 16.5. The van der Waals surface area contributed by atoms with Crippen molar-refractivity contribution in [3.63, 3.8) is 0 Å². The number of rotatable bonds is 6. The molecule has 2 heterocycles. The molecule has 5 nitrogen and oxygen atoms in total. The Labute approximate surface area is 172 Å². The fourth-order valence-corrected chi connectivity index (χ4v) is 4.90. The molecule has 29 heavy (non-hydrogen) atoms. The fourth-order valence-electron chi connectivity index (χ4n) is 4.90. The molecule has 3 aliphatic rings. The van der Waals surface area contributed by atoms with Gasteiger partial charge in [-0.2, -0.15) is 0 Å². The van der Waals surface area contributed by atoms with Crippen molar-refractivity contribution in [1.29, 1.82) is 0 Å². The lowest BCUT2D eigenvalue weighted by Gasteiger charge is -2.39. The average molecular weight is 392 g/mol. The van der Waals surface area contributed by atoms with Crippen molar-refractivity contribution >= 4 is 17.3 Å². The van der Waals surface area contributed by atoms with Crippen LogP contribution in [0.25, 0.3) is 0 Å². The van der Waals surface area contributed by atoms with E-state index in [9.17, 15) is 4.79 Å². The fraction of sp³-hybridized carbons (Fsp3) is 0.458. The maximum atomic E-state index is 12.5. The normalized spacial score (nSPS) is 26.3. The van der Waals surface area contributed by atoms with Gasteiger partial charge in [-0.05, 0) is 80.8 Å². The maximum Gasteiger partial charge on any atom is 0.255 e. The van der Waals surface area contributed by atoms with Crippen LogP contribution in [0.4, 0.5) is 11.4 Å². The Kier molecular flexibility index (Phi) is 4.92. The van der Waals surface area contributed by atoms with Gasteiger partial charge in [0.2, 0.25) is 0 Å². The summed E-state index contributed by atoms with van der Waals surface area (Å²) in [6, 6.07) is 16.1. The van der Waals surface area contributed by atoms with E-state index < -0.39 is 0 Å². The van der Waals surface area contributed by atoms with Crippen molar-refractivity contribution in [2.45, 2.75) is 56.7 Å². The summed E-state index contributed by atoms with van der Waals surface area (Å²) in [7, 11) is 0. The van der Waals surface area contributed by atoms with E-state index >= 15 is 0 Å². The standard InChI is InChI=1S/C24H29N3O2/c25-22-3-1-2-4-23(22)26-24(28)17-7-11-20(12-8-17)29-21-13-18-9-10-19(14-21)27(18)15-16-5-6-16/h1-4,7-8,11-12,16,18-19,21H,5-6,9-10,13-15,25H2,(H,26,28). The molecule has 2 bridgehead atoms. The molecule has 2 atom stereocenters. The van der Waals surface area contributed by atoms with Gasteiger partial charge in [-0.3, -0.25) is 9.69 Å². The van der Waals surface area contributed by atoms with Gasteiger partial charge < -0.3 is 15.8 Å². The molecule has 0 spiro atoms. The van der Waals surface area contributed by atoms with Gasteiger partial charge in [-0.1, -0.05) is 12.1 Å². The van der Waals surface area contributed by atoms with Crippen molar-refractivity contribution in [1.82, 2.24) is 4.90 Å². The predicted molar refractivity (Wildman–Crippen MR) is 115 cm³/mol. The van der Waals surface area contributed by atoms with Crippen molar-refractivity contribution in [3.05, 3.63) is 54.1 Å². The van der Waals surface area contributed by atoms with Gasteiger partial charge in [-0.25, -0.2) is 0 Å². The van der Waals surface area contributed by atoms with Gasteiger partial charge in [0.05, 0.1) is 11.4 Å². The quantitative estimate of drug-likeness (QED) is 0.720. The summed E-state index contributed by atoms with van der Waals surface area (Å²) in [5, 5.41) is 2.86. The van der Waals surface area contributed by atoms with Gasteiger partial charge in [0, 0.05) is 24.2 Å². The van der Waals surface area contributed by atoms with E-state index in [-0.39, 0.29) is 12.0 Å². The monoisotopic (exact) mass is 391 g/mol. The molecule has 0 aromatic heterocycles. The van der Waals surface area contributed by atoms with E-state index in [2.05, 4.69) is 10.2 Å². The number of fused-ring (bicyclic) bond motifs is 2. The second-order valence-corrected chi connectivity index (χ2v) is 8.80. The van der Waals surface area contributed by atoms with Gasteiger partial charge in [0.25, 0.3) is 5.91 Å². The Morgan fingerprint density at radius 1 is 1.00 bits per heavy atom. The van der Waals surface area contributed by atoms with Crippen molar-refractivity contribution in [3.8, 4) is 5.75 Å². The number of benzene rings is 2. The van der Waals surface area contributed by atoms with Crippen molar-refractivity contribution in [2.24, 2.45) is 5.92 Å². The molecule has 2 saturated heterocycles. The number of carbonyl (C=O) groups is 1. The number of piperidine rings is 1. The minimum atomic E-state index is -0.166. The highest BCUT2D eigenvalue weighted by molar-refractivity contribution is 6.05. The summed E-state index contributed by atoms with van der Waals surface area (Å²) in [6.07, 6.45) is 8.01. The molecule has 2 aromatic rings. The largest absolute Gasteiger partial charge is 0.490 e. The molecular weight excluding hydrogens is 362 g/mol.